The summed E-state index contributed by atoms with van der Waals surface area (Å²) in [4.78, 5) is 28.0. The maximum absolute atomic E-state index is 12.1. The lowest BCUT2D eigenvalue weighted by Gasteiger charge is -2.31. The molecule has 0 aliphatic carbocycles. The standard InChI is InChI=1S/C21H29N3O3S/c1-21(2,27)10-7-16-3-4-17(28-16)14-24-11-8-15(9-12-24)13-22-20(26)18-5-6-19(25)23-18/h3-4,15,18,27H,5-6,8-9,11-14H2,1-2H3,(H,22,26)(H,23,25). The van der Waals surface area contributed by atoms with Gasteiger partial charge in [0.2, 0.25) is 11.8 Å². The van der Waals surface area contributed by atoms with Crippen molar-refractivity contribution in [2.45, 2.75) is 57.7 Å². The van der Waals surface area contributed by atoms with E-state index in [4.69, 9.17) is 0 Å². The number of aliphatic hydroxyl groups is 1. The van der Waals surface area contributed by atoms with E-state index in [9.17, 15) is 14.7 Å². The molecule has 0 radical (unpaired) electrons. The van der Waals surface area contributed by atoms with Gasteiger partial charge in [-0.2, -0.15) is 0 Å². The zero-order chi connectivity index (χ0) is 20.1. The Morgan fingerprint density at radius 1 is 1.36 bits per heavy atom. The van der Waals surface area contributed by atoms with Gasteiger partial charge in [-0.3, -0.25) is 14.5 Å². The van der Waals surface area contributed by atoms with Crippen LogP contribution in [-0.4, -0.2) is 53.1 Å². The van der Waals surface area contributed by atoms with Gasteiger partial charge < -0.3 is 15.7 Å². The van der Waals surface area contributed by atoms with Crippen LogP contribution < -0.4 is 10.6 Å². The molecule has 0 aromatic carbocycles. The van der Waals surface area contributed by atoms with Crippen LogP contribution in [0.4, 0.5) is 0 Å². The summed E-state index contributed by atoms with van der Waals surface area (Å²) in [6.07, 6.45) is 3.18. The van der Waals surface area contributed by atoms with Crippen molar-refractivity contribution in [3.63, 3.8) is 0 Å². The minimum absolute atomic E-state index is 0.0313. The van der Waals surface area contributed by atoms with Crippen molar-refractivity contribution in [2.24, 2.45) is 5.92 Å². The number of carbonyl (C=O) groups excluding carboxylic acids is 2. The normalized spacial score (nSPS) is 21.1. The first-order chi connectivity index (χ1) is 13.3. The van der Waals surface area contributed by atoms with E-state index >= 15 is 0 Å². The van der Waals surface area contributed by atoms with Gasteiger partial charge >= 0.3 is 0 Å². The van der Waals surface area contributed by atoms with Crippen LogP contribution in [0.15, 0.2) is 12.1 Å². The number of amides is 2. The Labute approximate surface area is 170 Å². The molecule has 3 N–H and O–H groups in total. The van der Waals surface area contributed by atoms with E-state index in [1.165, 1.54) is 4.88 Å². The molecule has 2 saturated heterocycles. The van der Waals surface area contributed by atoms with Crippen molar-refractivity contribution < 1.29 is 14.7 Å². The fourth-order valence-electron chi connectivity index (χ4n) is 3.49. The molecule has 2 fully saturated rings. The van der Waals surface area contributed by atoms with E-state index in [0.29, 0.717) is 25.3 Å². The summed E-state index contributed by atoms with van der Waals surface area (Å²) in [6.45, 7) is 7.01. The molecule has 6 nitrogen and oxygen atoms in total. The van der Waals surface area contributed by atoms with Gasteiger partial charge in [-0.1, -0.05) is 11.8 Å². The SMILES string of the molecule is CC(C)(O)C#Cc1ccc(CN2CCC(CNC(=O)C3CCC(=O)N3)CC2)s1. The van der Waals surface area contributed by atoms with Crippen molar-refractivity contribution >= 4 is 23.2 Å². The predicted octanol–water partition coefficient (Wildman–Crippen LogP) is 1.48. The summed E-state index contributed by atoms with van der Waals surface area (Å²) in [5, 5.41) is 15.4. The summed E-state index contributed by atoms with van der Waals surface area (Å²) in [5.41, 5.74) is -0.967. The summed E-state index contributed by atoms with van der Waals surface area (Å²) in [6, 6.07) is 3.78. The molecule has 3 rings (SSSR count). The number of thiophene rings is 1. The first-order valence-corrected chi connectivity index (χ1v) is 10.7. The lowest BCUT2D eigenvalue weighted by atomic mass is 9.96. The zero-order valence-electron chi connectivity index (χ0n) is 16.6. The molecule has 3 heterocycles. The summed E-state index contributed by atoms with van der Waals surface area (Å²) < 4.78 is 0. The number of nitrogens with zero attached hydrogens (tertiary/aromatic N) is 1. The molecule has 1 aromatic heterocycles. The molecule has 1 aromatic rings. The van der Waals surface area contributed by atoms with Crippen molar-refractivity contribution in [1.29, 1.82) is 0 Å². The molecule has 0 saturated carbocycles. The van der Waals surface area contributed by atoms with Crippen LogP contribution in [0.3, 0.4) is 0 Å². The van der Waals surface area contributed by atoms with Crippen LogP contribution in [0.2, 0.25) is 0 Å². The minimum Gasteiger partial charge on any atom is -0.378 e. The van der Waals surface area contributed by atoms with Crippen LogP contribution >= 0.6 is 11.3 Å². The third-order valence-corrected chi connectivity index (χ3v) is 6.10. The second-order valence-electron chi connectivity index (χ2n) is 8.20. The molecule has 2 aliphatic rings. The fraction of sp³-hybridized carbons (Fsp3) is 0.619. The third kappa shape index (κ3) is 6.33. The van der Waals surface area contributed by atoms with E-state index in [1.807, 2.05) is 6.07 Å². The number of hydrogen-bond acceptors (Lipinski definition) is 5. The van der Waals surface area contributed by atoms with Crippen LogP contribution in [0.1, 0.15) is 49.3 Å². The quantitative estimate of drug-likeness (QED) is 0.651. The number of likely N-dealkylation sites (tertiary alicyclic amines) is 1. The molecule has 0 spiro atoms. The zero-order valence-corrected chi connectivity index (χ0v) is 17.4. The number of piperidine rings is 1. The van der Waals surface area contributed by atoms with Crippen LogP contribution in [0.5, 0.6) is 0 Å². The van der Waals surface area contributed by atoms with Crippen molar-refractivity contribution in [2.75, 3.05) is 19.6 Å². The highest BCUT2D eigenvalue weighted by molar-refractivity contribution is 7.12. The monoisotopic (exact) mass is 403 g/mol. The Balaban J connectivity index is 1.38. The minimum atomic E-state index is -0.967. The van der Waals surface area contributed by atoms with Crippen molar-refractivity contribution in [1.82, 2.24) is 15.5 Å². The molecule has 1 unspecified atom stereocenters. The lowest BCUT2D eigenvalue weighted by molar-refractivity contribution is -0.125. The van der Waals surface area contributed by atoms with Gasteiger partial charge in [0.1, 0.15) is 11.6 Å². The lowest BCUT2D eigenvalue weighted by Crippen LogP contribution is -2.44. The third-order valence-electron chi connectivity index (χ3n) is 5.12. The van der Waals surface area contributed by atoms with E-state index in [-0.39, 0.29) is 17.9 Å². The largest absolute Gasteiger partial charge is 0.378 e. The smallest absolute Gasteiger partial charge is 0.242 e. The van der Waals surface area contributed by atoms with E-state index in [0.717, 1.165) is 37.4 Å². The van der Waals surface area contributed by atoms with Gasteiger partial charge in [-0.25, -0.2) is 0 Å². The fourth-order valence-corrected chi connectivity index (χ4v) is 4.40. The Morgan fingerprint density at radius 2 is 2.11 bits per heavy atom. The maximum atomic E-state index is 12.1. The molecular weight excluding hydrogens is 374 g/mol. The molecule has 7 heteroatoms. The van der Waals surface area contributed by atoms with E-state index in [2.05, 4.69) is 33.4 Å². The van der Waals surface area contributed by atoms with Crippen LogP contribution in [0, 0.1) is 17.8 Å². The average Bonchev–Trinajstić information content (AvgIpc) is 3.27. The van der Waals surface area contributed by atoms with Crippen molar-refractivity contribution in [3.05, 3.63) is 21.9 Å². The molecule has 152 valence electrons. The van der Waals surface area contributed by atoms with Crippen LogP contribution in [0.25, 0.3) is 0 Å². The molecule has 2 aliphatic heterocycles. The summed E-state index contributed by atoms with van der Waals surface area (Å²) >= 11 is 1.68. The Morgan fingerprint density at radius 3 is 2.75 bits per heavy atom. The van der Waals surface area contributed by atoms with E-state index < -0.39 is 5.60 Å². The first-order valence-electron chi connectivity index (χ1n) is 9.92. The molecule has 0 bridgehead atoms. The maximum Gasteiger partial charge on any atom is 0.242 e. The van der Waals surface area contributed by atoms with Gasteiger partial charge in [0.15, 0.2) is 0 Å². The number of hydrogen-bond donors (Lipinski definition) is 3. The number of nitrogens with one attached hydrogen (secondary N) is 2. The summed E-state index contributed by atoms with van der Waals surface area (Å²) in [7, 11) is 0. The van der Waals surface area contributed by atoms with Gasteiger partial charge in [0, 0.05) is 24.4 Å². The summed E-state index contributed by atoms with van der Waals surface area (Å²) in [5.74, 6) is 6.30. The van der Waals surface area contributed by atoms with Crippen molar-refractivity contribution in [3.8, 4) is 11.8 Å². The van der Waals surface area contributed by atoms with Crippen LogP contribution in [-0.2, 0) is 16.1 Å². The molecular formula is C21H29N3O3S. The van der Waals surface area contributed by atoms with Gasteiger partial charge in [0.25, 0.3) is 0 Å². The Hall–Kier alpha value is -1.88. The Kier molecular flexibility index (Phi) is 6.76. The Bertz CT molecular complexity index is 764. The molecule has 28 heavy (non-hydrogen) atoms. The number of rotatable bonds is 5. The highest BCUT2D eigenvalue weighted by Crippen LogP contribution is 2.22. The first kappa shape index (κ1) is 20.8. The average molecular weight is 404 g/mol. The van der Waals surface area contributed by atoms with Gasteiger partial charge in [-0.05, 0) is 64.3 Å². The highest BCUT2D eigenvalue weighted by Gasteiger charge is 2.28. The molecule has 2 amide bonds. The van der Waals surface area contributed by atoms with Gasteiger partial charge in [0.05, 0.1) is 4.88 Å². The van der Waals surface area contributed by atoms with E-state index in [1.54, 1.807) is 25.2 Å². The van der Waals surface area contributed by atoms with Gasteiger partial charge in [-0.15, -0.1) is 11.3 Å². The second-order valence-corrected chi connectivity index (χ2v) is 9.37. The number of carbonyl (C=O) groups is 2. The second kappa shape index (κ2) is 9.08. The topological polar surface area (TPSA) is 81.7 Å². The predicted molar refractivity (Wildman–Crippen MR) is 110 cm³/mol. The highest BCUT2D eigenvalue weighted by atomic mass is 32.1. The molecule has 1 atom stereocenters.